The third-order valence-electron chi connectivity index (χ3n) is 4.79. The quantitative estimate of drug-likeness (QED) is 0.581. The van der Waals surface area contributed by atoms with E-state index in [2.05, 4.69) is 11.8 Å². The lowest BCUT2D eigenvalue weighted by molar-refractivity contribution is 0.0955. The van der Waals surface area contributed by atoms with E-state index < -0.39 is 33.3 Å². The molecule has 0 aromatic heterocycles. The minimum atomic E-state index is -3.73. The number of rotatable bonds is 8. The number of ether oxygens (including phenoxy) is 1. The Bertz CT molecular complexity index is 1070. The van der Waals surface area contributed by atoms with Gasteiger partial charge in [0, 0.05) is 12.1 Å². The van der Waals surface area contributed by atoms with Gasteiger partial charge in [0.15, 0.2) is 9.84 Å². The average molecular weight is 460 g/mol. The van der Waals surface area contributed by atoms with E-state index in [1.54, 1.807) is 43.3 Å². The topological polar surface area (TPSA) is 104 Å². The SMILES string of the molecule is CC#CCOc1ccc(S(=O)(=O)CC(O)c2ccc(CN(C(=O)O)C(C)(C)C)cc2)cc1. The molecule has 1 unspecified atom stereocenters. The lowest BCUT2D eigenvalue weighted by Gasteiger charge is -2.33. The smallest absolute Gasteiger partial charge is 0.408 e. The molecule has 2 N–H and O–H groups in total. The fourth-order valence-corrected chi connectivity index (χ4v) is 4.31. The first-order valence-corrected chi connectivity index (χ1v) is 11.7. The first-order valence-electron chi connectivity index (χ1n) is 10.1. The monoisotopic (exact) mass is 459 g/mol. The fourth-order valence-electron chi connectivity index (χ4n) is 2.95. The molecule has 7 nitrogen and oxygen atoms in total. The van der Waals surface area contributed by atoms with Crippen LogP contribution in [0.3, 0.4) is 0 Å². The standard InChI is InChI=1S/C24H29NO6S/c1-5-6-15-31-20-11-13-21(14-12-20)32(29,30)17-22(26)19-9-7-18(8-10-19)16-25(23(27)28)24(2,3)4/h7-14,22,26H,15-17H2,1-4H3,(H,27,28). The molecule has 2 aromatic carbocycles. The zero-order valence-corrected chi connectivity index (χ0v) is 19.5. The molecule has 0 spiro atoms. The molecule has 0 saturated heterocycles. The molecule has 0 saturated carbocycles. The molecule has 0 radical (unpaired) electrons. The molecule has 0 bridgehead atoms. The third-order valence-corrected chi connectivity index (χ3v) is 6.54. The third kappa shape index (κ3) is 7.01. The Balaban J connectivity index is 2.07. The Morgan fingerprint density at radius 1 is 1.09 bits per heavy atom. The van der Waals surface area contributed by atoms with E-state index in [0.717, 1.165) is 5.56 Å². The van der Waals surface area contributed by atoms with Gasteiger partial charge in [0.1, 0.15) is 12.4 Å². The summed E-state index contributed by atoms with van der Waals surface area (Å²) in [5, 5.41) is 19.9. The summed E-state index contributed by atoms with van der Waals surface area (Å²) >= 11 is 0. The van der Waals surface area contributed by atoms with Gasteiger partial charge in [-0.1, -0.05) is 30.2 Å². The number of hydrogen-bond donors (Lipinski definition) is 2. The van der Waals surface area contributed by atoms with Crippen LogP contribution in [0.1, 0.15) is 44.9 Å². The minimum absolute atomic E-state index is 0.0874. The van der Waals surface area contributed by atoms with Gasteiger partial charge in [0.25, 0.3) is 0 Å². The summed E-state index contributed by atoms with van der Waals surface area (Å²) in [6.07, 6.45) is -2.24. The normalized spacial score (nSPS) is 12.4. The van der Waals surface area contributed by atoms with Gasteiger partial charge in [-0.3, -0.25) is 4.90 Å². The number of carboxylic acid groups (broad SMARTS) is 1. The minimum Gasteiger partial charge on any atom is -0.481 e. The predicted molar refractivity (Wildman–Crippen MR) is 122 cm³/mol. The van der Waals surface area contributed by atoms with Crippen molar-refractivity contribution < 1.29 is 28.2 Å². The number of aliphatic hydroxyl groups excluding tert-OH is 1. The number of benzene rings is 2. The maximum Gasteiger partial charge on any atom is 0.408 e. The highest BCUT2D eigenvalue weighted by Crippen LogP contribution is 2.23. The van der Waals surface area contributed by atoms with Crippen molar-refractivity contribution in [3.05, 3.63) is 59.7 Å². The summed E-state index contributed by atoms with van der Waals surface area (Å²) in [5.41, 5.74) is 0.611. The largest absolute Gasteiger partial charge is 0.481 e. The maximum absolute atomic E-state index is 12.7. The molecule has 0 heterocycles. The van der Waals surface area contributed by atoms with Crippen molar-refractivity contribution in [2.75, 3.05) is 12.4 Å². The Hall–Kier alpha value is -3.02. The second kappa shape index (κ2) is 10.5. The highest BCUT2D eigenvalue weighted by atomic mass is 32.2. The zero-order chi connectivity index (χ0) is 23.9. The molecule has 1 atom stereocenters. The van der Waals surface area contributed by atoms with Crippen LogP contribution in [0, 0.1) is 11.8 Å². The number of nitrogens with zero attached hydrogens (tertiary/aromatic N) is 1. The van der Waals surface area contributed by atoms with Crippen LogP contribution >= 0.6 is 0 Å². The molecule has 0 aliphatic heterocycles. The van der Waals surface area contributed by atoms with Crippen LogP contribution in [0.4, 0.5) is 4.79 Å². The van der Waals surface area contributed by atoms with Crippen molar-refractivity contribution >= 4 is 15.9 Å². The second-order valence-corrected chi connectivity index (χ2v) is 10.3. The van der Waals surface area contributed by atoms with Crippen LogP contribution in [-0.2, 0) is 16.4 Å². The van der Waals surface area contributed by atoms with Gasteiger partial charge in [-0.15, -0.1) is 5.92 Å². The van der Waals surface area contributed by atoms with Gasteiger partial charge in [-0.25, -0.2) is 13.2 Å². The first-order chi connectivity index (χ1) is 14.9. The van der Waals surface area contributed by atoms with E-state index in [9.17, 15) is 23.4 Å². The van der Waals surface area contributed by atoms with Gasteiger partial charge in [-0.2, -0.15) is 0 Å². The lowest BCUT2D eigenvalue weighted by Crippen LogP contribution is -2.44. The molecule has 8 heteroatoms. The van der Waals surface area contributed by atoms with E-state index in [0.29, 0.717) is 11.3 Å². The summed E-state index contributed by atoms with van der Waals surface area (Å²) < 4.78 is 30.8. The van der Waals surface area contributed by atoms with Crippen LogP contribution < -0.4 is 4.74 Å². The highest BCUT2D eigenvalue weighted by Gasteiger charge is 2.26. The Morgan fingerprint density at radius 3 is 2.19 bits per heavy atom. The molecular weight excluding hydrogens is 430 g/mol. The van der Waals surface area contributed by atoms with Crippen molar-refractivity contribution in [1.82, 2.24) is 4.90 Å². The molecule has 2 rings (SSSR count). The van der Waals surface area contributed by atoms with Gasteiger partial charge >= 0.3 is 6.09 Å². The molecule has 172 valence electrons. The number of carbonyl (C=O) groups is 1. The molecule has 0 aliphatic carbocycles. The van der Waals surface area contributed by atoms with E-state index in [-0.39, 0.29) is 18.0 Å². The number of amides is 1. The summed E-state index contributed by atoms with van der Waals surface area (Å²) in [7, 11) is -3.73. The Labute approximate surface area is 189 Å². The summed E-state index contributed by atoms with van der Waals surface area (Å²) in [5.74, 6) is 5.50. The highest BCUT2D eigenvalue weighted by molar-refractivity contribution is 7.91. The van der Waals surface area contributed by atoms with E-state index in [4.69, 9.17) is 4.74 Å². The van der Waals surface area contributed by atoms with Crippen LogP contribution in [0.25, 0.3) is 0 Å². The predicted octanol–water partition coefficient (Wildman–Crippen LogP) is 3.87. The van der Waals surface area contributed by atoms with Gasteiger partial charge in [0.2, 0.25) is 0 Å². The van der Waals surface area contributed by atoms with E-state index in [1.807, 2.05) is 20.8 Å². The van der Waals surface area contributed by atoms with Crippen LogP contribution in [0.2, 0.25) is 0 Å². The van der Waals surface area contributed by atoms with Crippen LogP contribution in [0.15, 0.2) is 53.4 Å². The number of sulfone groups is 1. The fraction of sp³-hybridized carbons (Fsp3) is 0.375. The summed E-state index contributed by atoms with van der Waals surface area (Å²) in [4.78, 5) is 12.9. The van der Waals surface area contributed by atoms with Gasteiger partial charge < -0.3 is 14.9 Å². The molecule has 0 aliphatic rings. The summed E-state index contributed by atoms with van der Waals surface area (Å²) in [6.45, 7) is 7.53. The first kappa shape index (κ1) is 25.2. The zero-order valence-electron chi connectivity index (χ0n) is 18.7. The lowest BCUT2D eigenvalue weighted by atomic mass is 10.0. The van der Waals surface area contributed by atoms with Gasteiger partial charge in [-0.05, 0) is 63.1 Å². The van der Waals surface area contributed by atoms with Crippen molar-refractivity contribution in [3.8, 4) is 17.6 Å². The maximum atomic E-state index is 12.7. The van der Waals surface area contributed by atoms with Crippen molar-refractivity contribution in [2.24, 2.45) is 0 Å². The van der Waals surface area contributed by atoms with Crippen LogP contribution in [0.5, 0.6) is 5.75 Å². The molecule has 32 heavy (non-hydrogen) atoms. The summed E-state index contributed by atoms with van der Waals surface area (Å²) in [6, 6.07) is 12.6. The van der Waals surface area contributed by atoms with Crippen molar-refractivity contribution in [2.45, 2.75) is 50.8 Å². The molecule has 0 fully saturated rings. The average Bonchev–Trinajstić information content (AvgIpc) is 2.71. The van der Waals surface area contributed by atoms with Gasteiger partial charge in [0.05, 0.1) is 16.8 Å². The number of aliphatic hydroxyl groups is 1. The molecule has 1 amide bonds. The van der Waals surface area contributed by atoms with Crippen LogP contribution in [-0.4, -0.2) is 47.5 Å². The second-order valence-electron chi connectivity index (χ2n) is 8.27. The van der Waals surface area contributed by atoms with Crippen molar-refractivity contribution in [1.29, 1.82) is 0 Å². The van der Waals surface area contributed by atoms with Crippen molar-refractivity contribution in [3.63, 3.8) is 0 Å². The van der Waals surface area contributed by atoms with E-state index >= 15 is 0 Å². The number of hydrogen-bond acceptors (Lipinski definition) is 5. The Kier molecular flexibility index (Phi) is 8.31. The molecule has 2 aromatic rings. The van der Waals surface area contributed by atoms with E-state index in [1.165, 1.54) is 17.0 Å². The molecular formula is C24H29NO6S. The Morgan fingerprint density at radius 2 is 1.69 bits per heavy atom.